The van der Waals surface area contributed by atoms with Gasteiger partial charge in [-0.1, -0.05) is 0 Å². The molecule has 9 nitrogen and oxygen atoms in total. The zero-order valence-electron chi connectivity index (χ0n) is 19.0. The van der Waals surface area contributed by atoms with Crippen molar-refractivity contribution in [3.05, 3.63) is 47.5 Å². The normalized spacial score (nSPS) is 17.7. The van der Waals surface area contributed by atoms with E-state index in [-0.39, 0.29) is 45.2 Å². The molecule has 0 aliphatic carbocycles. The maximum Gasteiger partial charge on any atom is 0.253 e. The number of hydrogen-bond donors (Lipinski definition) is 2. The van der Waals surface area contributed by atoms with Crippen molar-refractivity contribution >= 4 is 26.8 Å². The van der Waals surface area contributed by atoms with Crippen LogP contribution in [0.2, 0.25) is 0 Å². The van der Waals surface area contributed by atoms with E-state index < -0.39 is 39.1 Å². The fourth-order valence-electron chi connectivity index (χ4n) is 4.01. The minimum Gasteiger partial charge on any atom is -0.461 e. The smallest absolute Gasteiger partial charge is 0.253 e. The van der Waals surface area contributed by atoms with Gasteiger partial charge in [-0.25, -0.2) is 26.9 Å². The maximum absolute atomic E-state index is 14.7. The molecule has 12 heteroatoms. The number of aromatic nitrogens is 3. The van der Waals surface area contributed by atoms with Gasteiger partial charge in [0.25, 0.3) is 5.91 Å². The Morgan fingerprint density at radius 2 is 2.00 bits per heavy atom. The van der Waals surface area contributed by atoms with Crippen LogP contribution in [-0.2, 0) is 15.4 Å². The second-order valence-electron chi connectivity index (χ2n) is 9.24. The number of alkyl halides is 1. The standard InChI is InChI=1S/C22H24F2N4O5S/c1-12(23)33-14-5-6-16(24)17(8-14)28-19-15(18(27-28)21(2,3)30)7-13(9-25-19)20(29)26-22(4)10-34(31,32)11-22/h5-9,12,30H,10-11H2,1-4H3,(H,26,29). The highest BCUT2D eigenvalue weighted by Crippen LogP contribution is 2.31. The Hall–Kier alpha value is -3.12. The zero-order chi connectivity index (χ0) is 25.1. The van der Waals surface area contributed by atoms with Gasteiger partial charge in [0.2, 0.25) is 6.36 Å². The molecule has 3 aromatic rings. The molecule has 3 heterocycles. The highest BCUT2D eigenvalue weighted by atomic mass is 32.2. The summed E-state index contributed by atoms with van der Waals surface area (Å²) in [6, 6.07) is 5.08. The number of aliphatic hydroxyl groups is 1. The topological polar surface area (TPSA) is 123 Å². The third-order valence-electron chi connectivity index (χ3n) is 5.30. The van der Waals surface area contributed by atoms with Crippen molar-refractivity contribution in [2.45, 2.75) is 45.2 Å². The summed E-state index contributed by atoms with van der Waals surface area (Å²) in [5, 5.41) is 18.0. The molecule has 1 amide bonds. The van der Waals surface area contributed by atoms with E-state index in [0.29, 0.717) is 0 Å². The molecule has 2 aromatic heterocycles. The zero-order valence-corrected chi connectivity index (χ0v) is 19.8. The minimum absolute atomic E-state index is 0.0690. The van der Waals surface area contributed by atoms with Crippen molar-refractivity contribution in [1.29, 1.82) is 0 Å². The maximum atomic E-state index is 14.7. The van der Waals surface area contributed by atoms with Crippen molar-refractivity contribution in [3.63, 3.8) is 0 Å². The Bertz CT molecular complexity index is 1380. The monoisotopic (exact) mass is 494 g/mol. The fraction of sp³-hybridized carbons (Fsp3) is 0.409. The first-order valence-corrected chi connectivity index (χ1v) is 12.2. The SMILES string of the molecule is CC(F)Oc1ccc(F)c(-n2nc(C(C)(C)O)c3cc(C(=O)NC4(C)CS(=O)(=O)C4)cnc32)c1. The molecule has 0 spiro atoms. The van der Waals surface area contributed by atoms with E-state index in [0.717, 1.165) is 10.7 Å². The van der Waals surface area contributed by atoms with Gasteiger partial charge in [-0.05, 0) is 39.0 Å². The average molecular weight is 495 g/mol. The summed E-state index contributed by atoms with van der Waals surface area (Å²) in [5.41, 5.74) is -2.05. The van der Waals surface area contributed by atoms with Gasteiger partial charge >= 0.3 is 0 Å². The highest BCUT2D eigenvalue weighted by molar-refractivity contribution is 7.93. The fourth-order valence-corrected chi connectivity index (χ4v) is 6.01. The number of carbonyl (C=O) groups excluding carboxylic acids is 1. The number of hydrogen-bond acceptors (Lipinski definition) is 7. The van der Waals surface area contributed by atoms with E-state index in [2.05, 4.69) is 15.4 Å². The number of ether oxygens (including phenoxy) is 1. The third-order valence-corrected chi connectivity index (χ3v) is 7.45. The lowest BCUT2D eigenvalue weighted by Gasteiger charge is -2.38. The summed E-state index contributed by atoms with van der Waals surface area (Å²) in [6.07, 6.45) is -0.367. The number of nitrogens with zero attached hydrogens (tertiary/aromatic N) is 3. The lowest BCUT2D eigenvalue weighted by Crippen LogP contribution is -2.63. The molecular formula is C22H24F2N4O5S. The highest BCUT2D eigenvalue weighted by Gasteiger charge is 2.45. The molecule has 1 aliphatic heterocycles. The van der Waals surface area contributed by atoms with Crippen molar-refractivity contribution in [1.82, 2.24) is 20.1 Å². The van der Waals surface area contributed by atoms with Crippen LogP contribution >= 0.6 is 0 Å². The summed E-state index contributed by atoms with van der Waals surface area (Å²) in [6.45, 7) is 5.78. The number of halogens is 2. The van der Waals surface area contributed by atoms with Crippen molar-refractivity contribution in [2.75, 3.05) is 11.5 Å². The lowest BCUT2D eigenvalue weighted by molar-refractivity contribution is 0.0748. The summed E-state index contributed by atoms with van der Waals surface area (Å²) < 4.78 is 57.2. The van der Waals surface area contributed by atoms with Gasteiger partial charge in [0.15, 0.2) is 15.5 Å². The van der Waals surface area contributed by atoms with Crippen LogP contribution < -0.4 is 10.1 Å². The van der Waals surface area contributed by atoms with Crippen molar-refractivity contribution in [2.24, 2.45) is 0 Å². The number of sulfone groups is 1. The van der Waals surface area contributed by atoms with Crippen molar-refractivity contribution in [3.8, 4) is 11.4 Å². The molecule has 1 fully saturated rings. The number of benzene rings is 1. The van der Waals surface area contributed by atoms with Gasteiger partial charge in [-0.2, -0.15) is 5.10 Å². The van der Waals surface area contributed by atoms with E-state index in [9.17, 15) is 27.1 Å². The molecule has 182 valence electrons. The predicted octanol–water partition coefficient (Wildman–Crippen LogP) is 2.40. The number of rotatable bonds is 6. The van der Waals surface area contributed by atoms with Gasteiger partial charge in [0.05, 0.1) is 22.6 Å². The Labute approximate surface area is 194 Å². The lowest BCUT2D eigenvalue weighted by atomic mass is 10.0. The summed E-state index contributed by atoms with van der Waals surface area (Å²) >= 11 is 0. The third kappa shape index (κ3) is 4.60. The molecule has 2 N–H and O–H groups in total. The molecule has 0 bridgehead atoms. The molecular weight excluding hydrogens is 470 g/mol. The first-order chi connectivity index (χ1) is 15.7. The van der Waals surface area contributed by atoms with E-state index >= 15 is 0 Å². The van der Waals surface area contributed by atoms with Gasteiger partial charge in [0, 0.05) is 24.6 Å². The Kier molecular flexibility index (Phi) is 5.64. The molecule has 4 rings (SSSR count). The summed E-state index contributed by atoms with van der Waals surface area (Å²) in [4.78, 5) is 17.1. The van der Waals surface area contributed by atoms with Crippen LogP contribution in [0, 0.1) is 5.82 Å². The number of nitrogens with one attached hydrogen (secondary N) is 1. The Morgan fingerprint density at radius 3 is 2.59 bits per heavy atom. The molecule has 1 saturated heterocycles. The quantitative estimate of drug-likeness (QED) is 0.539. The first kappa shape index (κ1) is 24.0. The molecule has 1 aliphatic rings. The molecule has 1 unspecified atom stereocenters. The number of carbonyl (C=O) groups is 1. The van der Waals surface area contributed by atoms with E-state index in [1.807, 2.05) is 0 Å². The van der Waals surface area contributed by atoms with Crippen molar-refractivity contribution < 1.29 is 31.8 Å². The van der Waals surface area contributed by atoms with E-state index in [1.54, 1.807) is 6.92 Å². The van der Waals surface area contributed by atoms with Crippen LogP contribution in [0.4, 0.5) is 8.78 Å². The molecule has 1 aromatic carbocycles. The summed E-state index contributed by atoms with van der Waals surface area (Å²) in [7, 11) is -3.17. The number of fused-ring (bicyclic) bond motifs is 1. The van der Waals surface area contributed by atoms with E-state index in [4.69, 9.17) is 4.74 Å². The van der Waals surface area contributed by atoms with Gasteiger partial charge in [0.1, 0.15) is 28.5 Å². The van der Waals surface area contributed by atoms with Gasteiger partial charge < -0.3 is 15.2 Å². The first-order valence-electron chi connectivity index (χ1n) is 10.4. The van der Waals surface area contributed by atoms with Gasteiger partial charge in [-0.3, -0.25) is 4.79 Å². The molecule has 0 saturated carbocycles. The molecule has 1 atom stereocenters. The number of amides is 1. The second-order valence-corrected chi connectivity index (χ2v) is 11.3. The van der Waals surface area contributed by atoms with Crippen LogP contribution in [-0.4, -0.2) is 57.6 Å². The van der Waals surface area contributed by atoms with Gasteiger partial charge in [-0.15, -0.1) is 0 Å². The van der Waals surface area contributed by atoms with E-state index in [1.165, 1.54) is 45.2 Å². The Morgan fingerprint density at radius 1 is 1.32 bits per heavy atom. The van der Waals surface area contributed by atoms with Crippen LogP contribution in [0.3, 0.4) is 0 Å². The van der Waals surface area contributed by atoms with Crippen LogP contribution in [0.15, 0.2) is 30.5 Å². The predicted molar refractivity (Wildman–Crippen MR) is 120 cm³/mol. The average Bonchev–Trinajstić information content (AvgIpc) is 3.06. The summed E-state index contributed by atoms with van der Waals surface area (Å²) in [5.74, 6) is -1.49. The van der Waals surface area contributed by atoms with Crippen LogP contribution in [0.25, 0.3) is 16.7 Å². The number of pyridine rings is 1. The Balaban J connectivity index is 1.79. The molecule has 34 heavy (non-hydrogen) atoms. The largest absolute Gasteiger partial charge is 0.461 e. The van der Waals surface area contributed by atoms with Crippen LogP contribution in [0.1, 0.15) is 43.7 Å². The minimum atomic E-state index is -3.17. The molecule has 0 radical (unpaired) electrons. The second kappa shape index (κ2) is 7.98. The van der Waals surface area contributed by atoms with Crippen LogP contribution in [0.5, 0.6) is 5.75 Å².